The predicted molar refractivity (Wildman–Crippen MR) is 48.7 cm³/mol. The Hall–Kier alpha value is -0.490. The summed E-state index contributed by atoms with van der Waals surface area (Å²) >= 11 is 5.71. The first-order valence-electron chi connectivity index (χ1n) is 3.01. The smallest absolute Gasteiger partial charge is 0.340 e. The van der Waals surface area contributed by atoms with Crippen LogP contribution in [0.4, 0.5) is 8.78 Å². The number of benzene rings is 1. The molecule has 0 spiro atoms. The summed E-state index contributed by atoms with van der Waals surface area (Å²) < 4.78 is 25.7. The van der Waals surface area contributed by atoms with Gasteiger partial charge in [-0.1, -0.05) is 0 Å². The molecule has 13 heavy (non-hydrogen) atoms. The second-order valence-corrected chi connectivity index (χ2v) is 3.80. The van der Waals surface area contributed by atoms with Gasteiger partial charge in [0.2, 0.25) is 0 Å². The summed E-state index contributed by atoms with van der Waals surface area (Å²) in [4.78, 5) is 10.5. The number of aromatic carboxylic acids is 1. The zero-order chi connectivity index (χ0) is 10.2. The van der Waals surface area contributed by atoms with Crippen molar-refractivity contribution in [2.24, 2.45) is 0 Å². The van der Waals surface area contributed by atoms with E-state index in [4.69, 9.17) is 5.11 Å². The van der Waals surface area contributed by atoms with Gasteiger partial charge in [0.25, 0.3) is 0 Å². The summed E-state index contributed by atoms with van der Waals surface area (Å²) in [5, 5.41) is 8.54. The molecule has 0 amide bonds. The van der Waals surface area contributed by atoms with E-state index in [1.54, 1.807) is 0 Å². The van der Waals surface area contributed by atoms with E-state index in [0.717, 1.165) is 6.07 Å². The standard InChI is InChI=1S/C7H2Br2F2O2/c8-2-1-3(10)6(11)4(5(2)9)7(12)13/h1H,(H,12,13). The molecular formula is C7H2Br2F2O2. The van der Waals surface area contributed by atoms with Crippen molar-refractivity contribution >= 4 is 37.8 Å². The highest BCUT2D eigenvalue weighted by Gasteiger charge is 2.20. The lowest BCUT2D eigenvalue weighted by molar-refractivity contribution is 0.0689. The van der Waals surface area contributed by atoms with Crippen molar-refractivity contribution in [2.75, 3.05) is 0 Å². The number of rotatable bonds is 1. The van der Waals surface area contributed by atoms with E-state index >= 15 is 0 Å². The van der Waals surface area contributed by atoms with E-state index in [-0.39, 0.29) is 8.95 Å². The van der Waals surface area contributed by atoms with Crippen molar-refractivity contribution in [3.63, 3.8) is 0 Å². The van der Waals surface area contributed by atoms with Crippen molar-refractivity contribution in [1.29, 1.82) is 0 Å². The van der Waals surface area contributed by atoms with Crippen molar-refractivity contribution in [3.8, 4) is 0 Å². The molecule has 6 heteroatoms. The van der Waals surface area contributed by atoms with Crippen molar-refractivity contribution in [3.05, 3.63) is 32.2 Å². The maximum absolute atomic E-state index is 12.9. The summed E-state index contributed by atoms with van der Waals surface area (Å²) in [5.41, 5.74) is -0.716. The lowest BCUT2D eigenvalue weighted by Crippen LogP contribution is -2.04. The molecule has 1 rings (SSSR count). The van der Waals surface area contributed by atoms with Crippen LogP contribution in [-0.4, -0.2) is 11.1 Å². The molecular weight excluding hydrogens is 314 g/mol. The van der Waals surface area contributed by atoms with E-state index < -0.39 is 23.2 Å². The molecule has 0 aliphatic rings. The molecule has 2 nitrogen and oxygen atoms in total. The van der Waals surface area contributed by atoms with Gasteiger partial charge in [-0.15, -0.1) is 0 Å². The molecule has 0 radical (unpaired) electrons. The third-order valence-electron chi connectivity index (χ3n) is 1.33. The summed E-state index contributed by atoms with van der Waals surface area (Å²) in [6.07, 6.45) is 0. The molecule has 0 unspecified atom stereocenters. The van der Waals surface area contributed by atoms with Gasteiger partial charge >= 0.3 is 5.97 Å². The maximum Gasteiger partial charge on any atom is 0.340 e. The summed E-state index contributed by atoms with van der Waals surface area (Å²) in [6, 6.07) is 0.853. The first kappa shape index (κ1) is 10.6. The Morgan fingerprint density at radius 2 is 1.92 bits per heavy atom. The molecule has 1 aromatic rings. The summed E-state index contributed by atoms with van der Waals surface area (Å²) in [6.45, 7) is 0. The Morgan fingerprint density at radius 1 is 1.38 bits per heavy atom. The van der Waals surface area contributed by atoms with E-state index in [1.165, 1.54) is 0 Å². The number of carboxylic acids is 1. The highest BCUT2D eigenvalue weighted by atomic mass is 79.9. The Bertz CT molecular complexity index is 353. The minimum Gasteiger partial charge on any atom is -0.478 e. The quantitative estimate of drug-likeness (QED) is 0.808. The fraction of sp³-hybridized carbons (Fsp3) is 0. The number of halogens is 4. The van der Waals surface area contributed by atoms with Gasteiger partial charge in [-0.25, -0.2) is 13.6 Å². The van der Waals surface area contributed by atoms with Gasteiger partial charge in [0.1, 0.15) is 5.56 Å². The largest absolute Gasteiger partial charge is 0.478 e. The molecule has 1 N–H and O–H groups in total. The molecule has 0 heterocycles. The number of hydrogen-bond donors (Lipinski definition) is 1. The molecule has 0 aliphatic heterocycles. The van der Waals surface area contributed by atoms with Crippen molar-refractivity contribution in [2.45, 2.75) is 0 Å². The highest BCUT2D eigenvalue weighted by Crippen LogP contribution is 2.30. The monoisotopic (exact) mass is 314 g/mol. The van der Waals surface area contributed by atoms with Crippen LogP contribution in [0.25, 0.3) is 0 Å². The molecule has 0 aliphatic carbocycles. The second-order valence-electron chi connectivity index (χ2n) is 2.15. The average Bonchev–Trinajstić information content (AvgIpc) is 2.01. The highest BCUT2D eigenvalue weighted by molar-refractivity contribution is 9.13. The van der Waals surface area contributed by atoms with Gasteiger partial charge in [0.15, 0.2) is 11.6 Å². The number of carbonyl (C=O) groups is 1. The molecule has 1 aromatic carbocycles. The van der Waals surface area contributed by atoms with Crippen LogP contribution in [0.5, 0.6) is 0 Å². The second kappa shape index (κ2) is 3.71. The van der Waals surface area contributed by atoms with Gasteiger partial charge < -0.3 is 5.11 Å². The van der Waals surface area contributed by atoms with Gasteiger partial charge in [-0.2, -0.15) is 0 Å². The SMILES string of the molecule is O=C(O)c1c(F)c(F)cc(Br)c1Br. The molecule has 0 bridgehead atoms. The molecule has 0 saturated carbocycles. The Morgan fingerprint density at radius 3 is 2.38 bits per heavy atom. The Kier molecular flexibility index (Phi) is 3.02. The average molecular weight is 316 g/mol. The number of hydrogen-bond acceptors (Lipinski definition) is 1. The predicted octanol–water partition coefficient (Wildman–Crippen LogP) is 3.19. The maximum atomic E-state index is 12.9. The van der Waals surface area contributed by atoms with Gasteiger partial charge in [0, 0.05) is 8.95 Å². The first-order valence-corrected chi connectivity index (χ1v) is 4.60. The Labute approximate surface area is 88.8 Å². The van der Waals surface area contributed by atoms with Crippen molar-refractivity contribution in [1.82, 2.24) is 0 Å². The first-order chi connectivity index (χ1) is 5.95. The lowest BCUT2D eigenvalue weighted by atomic mass is 10.2. The molecule has 0 aromatic heterocycles. The van der Waals surface area contributed by atoms with Crippen LogP contribution in [0.1, 0.15) is 10.4 Å². The van der Waals surface area contributed by atoms with Crippen LogP contribution in [0, 0.1) is 11.6 Å². The molecule has 0 saturated heterocycles. The molecule has 0 fully saturated rings. The zero-order valence-corrected chi connectivity index (χ0v) is 9.12. The fourth-order valence-electron chi connectivity index (χ4n) is 0.761. The number of carboxylic acid groups (broad SMARTS) is 1. The lowest BCUT2D eigenvalue weighted by Gasteiger charge is -2.03. The van der Waals surface area contributed by atoms with Crippen LogP contribution in [0.15, 0.2) is 15.0 Å². The minimum absolute atomic E-state index is 0.0149. The van der Waals surface area contributed by atoms with Crippen LogP contribution in [0.3, 0.4) is 0 Å². The summed E-state index contributed by atoms with van der Waals surface area (Å²) in [7, 11) is 0. The van der Waals surface area contributed by atoms with E-state index in [2.05, 4.69) is 31.9 Å². The fourth-order valence-corrected chi connectivity index (χ4v) is 1.62. The van der Waals surface area contributed by atoms with Gasteiger partial charge in [-0.05, 0) is 37.9 Å². The van der Waals surface area contributed by atoms with Crippen LogP contribution >= 0.6 is 31.9 Å². The van der Waals surface area contributed by atoms with Gasteiger partial charge in [-0.3, -0.25) is 0 Å². The van der Waals surface area contributed by atoms with Crippen LogP contribution in [-0.2, 0) is 0 Å². The van der Waals surface area contributed by atoms with Gasteiger partial charge in [0.05, 0.1) is 0 Å². The van der Waals surface area contributed by atoms with Crippen molar-refractivity contribution < 1.29 is 18.7 Å². The normalized spacial score (nSPS) is 10.2. The minimum atomic E-state index is -1.52. The van der Waals surface area contributed by atoms with E-state index in [0.29, 0.717) is 0 Å². The zero-order valence-electron chi connectivity index (χ0n) is 5.94. The van der Waals surface area contributed by atoms with E-state index in [1.807, 2.05) is 0 Å². The van der Waals surface area contributed by atoms with Crippen LogP contribution in [0.2, 0.25) is 0 Å². The van der Waals surface area contributed by atoms with Crippen LogP contribution < -0.4 is 0 Å². The third kappa shape index (κ3) is 1.88. The third-order valence-corrected chi connectivity index (χ3v) is 3.31. The molecule has 0 atom stereocenters. The summed E-state index contributed by atoms with van der Waals surface area (Å²) in [5.74, 6) is -4.10. The Balaban J connectivity index is 3.56. The topological polar surface area (TPSA) is 37.3 Å². The van der Waals surface area contributed by atoms with E-state index in [9.17, 15) is 13.6 Å². The molecule has 70 valence electrons.